The first-order valence-corrected chi connectivity index (χ1v) is 8.65. The SMILES string of the molecule is CNC(C)Cc1noc(-c2ccccc2NC(=O)c2ccc(OC)cc2)n1.Cl. The molecule has 0 fully saturated rings. The monoisotopic (exact) mass is 402 g/mol. The number of benzene rings is 2. The van der Waals surface area contributed by atoms with Gasteiger partial charge in [0.25, 0.3) is 11.8 Å². The Morgan fingerprint density at radius 3 is 2.57 bits per heavy atom. The zero-order valence-corrected chi connectivity index (χ0v) is 16.7. The lowest BCUT2D eigenvalue weighted by molar-refractivity contribution is 0.102. The largest absolute Gasteiger partial charge is 0.497 e. The molecule has 2 aromatic carbocycles. The third kappa shape index (κ3) is 5.09. The summed E-state index contributed by atoms with van der Waals surface area (Å²) in [5.41, 5.74) is 1.81. The van der Waals surface area contributed by atoms with Gasteiger partial charge in [0.1, 0.15) is 5.75 Å². The molecular weight excluding hydrogens is 380 g/mol. The van der Waals surface area contributed by atoms with Crippen LogP contribution in [0.25, 0.3) is 11.5 Å². The van der Waals surface area contributed by atoms with Crippen LogP contribution in [0.1, 0.15) is 23.1 Å². The van der Waals surface area contributed by atoms with E-state index in [2.05, 4.69) is 20.8 Å². The second kappa shape index (κ2) is 9.87. The van der Waals surface area contributed by atoms with Crippen LogP contribution in [0, 0.1) is 0 Å². The van der Waals surface area contributed by atoms with Crippen LogP contribution in [0.2, 0.25) is 0 Å². The van der Waals surface area contributed by atoms with E-state index < -0.39 is 0 Å². The number of rotatable bonds is 7. The third-order valence-electron chi connectivity index (χ3n) is 4.21. The first kappa shape index (κ1) is 21.4. The highest BCUT2D eigenvalue weighted by Crippen LogP contribution is 2.27. The predicted octanol–water partition coefficient (Wildman–Crippen LogP) is 3.57. The number of likely N-dealkylation sites (N-methyl/N-ethyl adjacent to an activating group) is 1. The van der Waals surface area contributed by atoms with Gasteiger partial charge in [-0.25, -0.2) is 0 Å². The van der Waals surface area contributed by atoms with E-state index in [1.807, 2.05) is 32.2 Å². The van der Waals surface area contributed by atoms with E-state index in [0.717, 1.165) is 0 Å². The summed E-state index contributed by atoms with van der Waals surface area (Å²) in [4.78, 5) is 17.0. The van der Waals surface area contributed by atoms with Gasteiger partial charge in [0.15, 0.2) is 5.82 Å². The summed E-state index contributed by atoms with van der Waals surface area (Å²) in [5, 5.41) is 10.1. The summed E-state index contributed by atoms with van der Waals surface area (Å²) < 4.78 is 10.5. The molecule has 7 nitrogen and oxygen atoms in total. The van der Waals surface area contributed by atoms with Gasteiger partial charge < -0.3 is 19.9 Å². The van der Waals surface area contributed by atoms with Gasteiger partial charge in [-0.3, -0.25) is 4.79 Å². The minimum Gasteiger partial charge on any atom is -0.497 e. The van der Waals surface area contributed by atoms with Gasteiger partial charge in [-0.1, -0.05) is 17.3 Å². The van der Waals surface area contributed by atoms with Crippen LogP contribution in [0.4, 0.5) is 5.69 Å². The second-order valence-electron chi connectivity index (χ2n) is 6.14. The Balaban J connectivity index is 0.00000280. The van der Waals surface area contributed by atoms with Crippen LogP contribution < -0.4 is 15.4 Å². The summed E-state index contributed by atoms with van der Waals surface area (Å²) in [6.45, 7) is 2.04. The smallest absolute Gasteiger partial charge is 0.260 e. The molecule has 0 radical (unpaired) electrons. The number of hydrogen-bond acceptors (Lipinski definition) is 6. The molecule has 1 heterocycles. The van der Waals surface area contributed by atoms with E-state index in [0.29, 0.717) is 40.7 Å². The molecular formula is C20H23ClN4O3. The number of nitrogens with zero attached hydrogens (tertiary/aromatic N) is 2. The fourth-order valence-electron chi connectivity index (χ4n) is 2.54. The number of halogens is 1. The van der Waals surface area contributed by atoms with Crippen molar-refractivity contribution in [3.63, 3.8) is 0 Å². The molecule has 1 atom stereocenters. The molecule has 1 aromatic heterocycles. The molecule has 148 valence electrons. The summed E-state index contributed by atoms with van der Waals surface area (Å²) in [7, 11) is 3.47. The van der Waals surface area contributed by atoms with Crippen molar-refractivity contribution in [1.82, 2.24) is 15.5 Å². The van der Waals surface area contributed by atoms with Gasteiger partial charge >= 0.3 is 0 Å². The van der Waals surface area contributed by atoms with Crippen LogP contribution in [0.3, 0.4) is 0 Å². The van der Waals surface area contributed by atoms with E-state index in [-0.39, 0.29) is 24.4 Å². The van der Waals surface area contributed by atoms with Crippen molar-refractivity contribution in [1.29, 1.82) is 0 Å². The first-order valence-electron chi connectivity index (χ1n) is 8.65. The fraction of sp³-hybridized carbons (Fsp3) is 0.250. The quantitative estimate of drug-likeness (QED) is 0.628. The lowest BCUT2D eigenvalue weighted by Gasteiger charge is -2.09. The minimum atomic E-state index is -0.228. The van der Waals surface area contributed by atoms with Crippen LogP contribution in [-0.2, 0) is 6.42 Å². The summed E-state index contributed by atoms with van der Waals surface area (Å²) in [5.74, 6) is 1.46. The Hall–Kier alpha value is -2.90. The molecule has 0 aliphatic carbocycles. The summed E-state index contributed by atoms with van der Waals surface area (Å²) in [6.07, 6.45) is 0.653. The molecule has 3 rings (SSSR count). The molecule has 28 heavy (non-hydrogen) atoms. The van der Waals surface area contributed by atoms with Gasteiger partial charge in [-0.2, -0.15) is 4.98 Å². The Bertz CT molecular complexity index is 912. The zero-order valence-electron chi connectivity index (χ0n) is 15.9. The number of carbonyl (C=O) groups excluding carboxylic acids is 1. The van der Waals surface area contributed by atoms with Gasteiger partial charge in [0.2, 0.25) is 0 Å². The van der Waals surface area contributed by atoms with Crippen LogP contribution >= 0.6 is 12.4 Å². The number of aromatic nitrogens is 2. The third-order valence-corrected chi connectivity index (χ3v) is 4.21. The summed E-state index contributed by atoms with van der Waals surface area (Å²) in [6, 6.07) is 14.5. The Morgan fingerprint density at radius 2 is 1.89 bits per heavy atom. The Morgan fingerprint density at radius 1 is 1.18 bits per heavy atom. The van der Waals surface area contributed by atoms with Crippen LogP contribution in [0.5, 0.6) is 5.75 Å². The number of methoxy groups -OCH3 is 1. The molecule has 0 spiro atoms. The van der Waals surface area contributed by atoms with Crippen molar-refractivity contribution in [2.45, 2.75) is 19.4 Å². The van der Waals surface area contributed by atoms with E-state index >= 15 is 0 Å². The molecule has 1 unspecified atom stereocenters. The normalized spacial score (nSPS) is 11.4. The molecule has 0 saturated carbocycles. The second-order valence-corrected chi connectivity index (χ2v) is 6.14. The lowest BCUT2D eigenvalue weighted by atomic mass is 10.1. The predicted molar refractivity (Wildman–Crippen MR) is 110 cm³/mol. The average Bonchev–Trinajstić information content (AvgIpc) is 3.16. The highest BCUT2D eigenvalue weighted by molar-refractivity contribution is 6.06. The number of para-hydroxylation sites is 1. The van der Waals surface area contributed by atoms with Crippen molar-refractivity contribution in [2.24, 2.45) is 0 Å². The van der Waals surface area contributed by atoms with E-state index in [1.165, 1.54) is 0 Å². The minimum absolute atomic E-state index is 0. The highest BCUT2D eigenvalue weighted by Gasteiger charge is 2.16. The van der Waals surface area contributed by atoms with E-state index in [4.69, 9.17) is 9.26 Å². The van der Waals surface area contributed by atoms with Crippen molar-refractivity contribution >= 4 is 24.0 Å². The molecule has 0 bridgehead atoms. The number of hydrogen-bond donors (Lipinski definition) is 2. The molecule has 0 aliphatic rings. The van der Waals surface area contributed by atoms with Crippen LogP contribution in [0.15, 0.2) is 53.1 Å². The fourth-order valence-corrected chi connectivity index (χ4v) is 2.54. The van der Waals surface area contributed by atoms with Gasteiger partial charge in [0.05, 0.1) is 18.4 Å². The molecule has 0 aliphatic heterocycles. The van der Waals surface area contributed by atoms with Gasteiger partial charge in [0, 0.05) is 18.0 Å². The number of ether oxygens (including phenoxy) is 1. The van der Waals surface area contributed by atoms with Crippen molar-refractivity contribution in [3.8, 4) is 17.2 Å². The van der Waals surface area contributed by atoms with Gasteiger partial charge in [-0.15, -0.1) is 12.4 Å². The number of carbonyl (C=O) groups is 1. The Kier molecular flexibility index (Phi) is 7.54. The van der Waals surface area contributed by atoms with Crippen molar-refractivity contribution in [2.75, 3.05) is 19.5 Å². The maximum absolute atomic E-state index is 12.6. The molecule has 2 N–H and O–H groups in total. The molecule has 1 amide bonds. The van der Waals surface area contributed by atoms with E-state index in [1.54, 1.807) is 37.4 Å². The van der Waals surface area contributed by atoms with Crippen molar-refractivity contribution in [3.05, 3.63) is 59.9 Å². The maximum atomic E-state index is 12.6. The average molecular weight is 403 g/mol. The van der Waals surface area contributed by atoms with Crippen molar-refractivity contribution < 1.29 is 14.1 Å². The van der Waals surface area contributed by atoms with Crippen LogP contribution in [-0.4, -0.2) is 36.2 Å². The topological polar surface area (TPSA) is 89.3 Å². The van der Waals surface area contributed by atoms with E-state index in [9.17, 15) is 4.79 Å². The standard InChI is InChI=1S/C20H22N4O3.ClH/c1-13(21-2)12-18-23-20(27-24-18)16-6-4-5-7-17(16)22-19(25)14-8-10-15(26-3)11-9-14;/h4-11,13,21H,12H2,1-3H3,(H,22,25);1H. The highest BCUT2D eigenvalue weighted by atomic mass is 35.5. The lowest BCUT2D eigenvalue weighted by Crippen LogP contribution is -2.24. The van der Waals surface area contributed by atoms with Gasteiger partial charge in [-0.05, 0) is 50.4 Å². The maximum Gasteiger partial charge on any atom is 0.260 e. The molecule has 8 heteroatoms. The molecule has 3 aromatic rings. The summed E-state index contributed by atoms with van der Waals surface area (Å²) >= 11 is 0. The Labute approximate surface area is 169 Å². The molecule has 0 saturated heterocycles. The number of nitrogens with one attached hydrogen (secondary N) is 2. The zero-order chi connectivity index (χ0) is 19.2. The first-order chi connectivity index (χ1) is 13.1. The number of amides is 1. The number of anilines is 1.